The van der Waals surface area contributed by atoms with Crippen molar-refractivity contribution in [2.24, 2.45) is 18.9 Å². The van der Waals surface area contributed by atoms with Crippen LogP contribution in [-0.2, 0) is 16.6 Å². The minimum absolute atomic E-state index is 0.183. The number of carbonyl (C=O) groups excluding carboxylic acids is 2. The molecule has 0 spiro atoms. The zero-order chi connectivity index (χ0) is 22.2. The SMILES string of the molecule is C[C@@H]1CNCC[C@@H]1CN1CCC(c2cccc3c(C4CCC(=O)NC4=O)nn(C)c23)CC1. The molecule has 172 valence electrons. The number of benzene rings is 1. The van der Waals surface area contributed by atoms with E-state index in [-0.39, 0.29) is 17.7 Å². The number of piperidine rings is 3. The number of imide groups is 1. The van der Waals surface area contributed by atoms with E-state index >= 15 is 0 Å². The molecule has 0 aliphatic carbocycles. The van der Waals surface area contributed by atoms with Gasteiger partial charge in [-0.05, 0) is 75.2 Å². The summed E-state index contributed by atoms with van der Waals surface area (Å²) in [5.74, 6) is 1.34. The average Bonchev–Trinajstić information content (AvgIpc) is 3.12. The van der Waals surface area contributed by atoms with Crippen molar-refractivity contribution in [1.29, 1.82) is 0 Å². The zero-order valence-corrected chi connectivity index (χ0v) is 19.3. The van der Waals surface area contributed by atoms with Gasteiger partial charge in [0.1, 0.15) is 0 Å². The Morgan fingerprint density at radius 3 is 2.69 bits per heavy atom. The number of aryl methyl sites for hydroxylation is 1. The van der Waals surface area contributed by atoms with E-state index in [0.717, 1.165) is 67.5 Å². The first kappa shape index (κ1) is 21.6. The fourth-order valence-electron chi connectivity index (χ4n) is 6.03. The number of nitrogens with zero attached hydrogens (tertiary/aromatic N) is 3. The Bertz CT molecular complexity index is 1010. The predicted molar refractivity (Wildman–Crippen MR) is 124 cm³/mol. The Morgan fingerprint density at radius 1 is 1.12 bits per heavy atom. The number of likely N-dealkylation sites (tertiary alicyclic amines) is 1. The smallest absolute Gasteiger partial charge is 0.235 e. The summed E-state index contributed by atoms with van der Waals surface area (Å²) in [5, 5.41) is 11.8. The third kappa shape index (κ3) is 4.08. The van der Waals surface area contributed by atoms with Crippen LogP contribution in [0.1, 0.15) is 62.1 Å². The maximum atomic E-state index is 12.5. The summed E-state index contributed by atoms with van der Waals surface area (Å²) in [5.41, 5.74) is 3.32. The summed E-state index contributed by atoms with van der Waals surface area (Å²) >= 11 is 0. The standard InChI is InChI=1S/C25H35N5O2/c1-16-14-26-11-8-18(16)15-30-12-9-17(10-13-30)19-4-3-5-20-23(28-29(2)24(19)20)21-6-7-22(31)27-25(21)32/h3-5,16-18,21,26H,6-15H2,1-2H3,(H,27,31,32)/t16-,18-,21?/m1/s1. The van der Waals surface area contributed by atoms with Crippen LogP contribution >= 0.6 is 0 Å². The Labute approximate surface area is 189 Å². The van der Waals surface area contributed by atoms with Crippen LogP contribution in [0, 0.1) is 11.8 Å². The maximum absolute atomic E-state index is 12.5. The molecule has 0 bridgehead atoms. The fourth-order valence-corrected chi connectivity index (χ4v) is 6.03. The normalized spacial score (nSPS) is 28.2. The molecule has 5 rings (SSSR count). The Morgan fingerprint density at radius 2 is 1.94 bits per heavy atom. The van der Waals surface area contributed by atoms with Gasteiger partial charge in [0.25, 0.3) is 0 Å². The van der Waals surface area contributed by atoms with Gasteiger partial charge >= 0.3 is 0 Å². The first-order valence-electron chi connectivity index (χ1n) is 12.2. The second-order valence-corrected chi connectivity index (χ2v) is 10.1. The van der Waals surface area contributed by atoms with Gasteiger partial charge in [0.05, 0.1) is 17.1 Å². The summed E-state index contributed by atoms with van der Waals surface area (Å²) < 4.78 is 1.95. The molecule has 3 saturated heterocycles. The molecule has 0 saturated carbocycles. The lowest BCUT2D eigenvalue weighted by atomic mass is 9.84. The van der Waals surface area contributed by atoms with E-state index in [9.17, 15) is 9.59 Å². The molecule has 3 fully saturated rings. The third-order valence-electron chi connectivity index (χ3n) is 7.98. The summed E-state index contributed by atoms with van der Waals surface area (Å²) in [6.45, 7) is 8.21. The summed E-state index contributed by atoms with van der Waals surface area (Å²) in [4.78, 5) is 26.7. The fraction of sp³-hybridized carbons (Fsp3) is 0.640. The highest BCUT2D eigenvalue weighted by Gasteiger charge is 2.33. The average molecular weight is 438 g/mol. The number of para-hydroxylation sites is 1. The number of carbonyl (C=O) groups is 2. The van der Waals surface area contributed by atoms with Gasteiger partial charge in [-0.2, -0.15) is 5.10 Å². The van der Waals surface area contributed by atoms with Gasteiger partial charge in [0, 0.05) is 25.4 Å². The lowest BCUT2D eigenvalue weighted by molar-refractivity contribution is -0.134. The number of nitrogens with one attached hydrogen (secondary N) is 2. The quantitative estimate of drug-likeness (QED) is 0.719. The van der Waals surface area contributed by atoms with Crippen molar-refractivity contribution >= 4 is 22.7 Å². The molecule has 1 aromatic carbocycles. The molecule has 3 atom stereocenters. The molecule has 0 radical (unpaired) electrons. The Balaban J connectivity index is 1.33. The Kier molecular flexibility index (Phi) is 6.03. The van der Waals surface area contributed by atoms with Crippen molar-refractivity contribution in [2.45, 2.75) is 50.9 Å². The Hall–Kier alpha value is -2.25. The lowest BCUT2D eigenvalue weighted by Crippen LogP contribution is -2.43. The van der Waals surface area contributed by atoms with Crippen molar-refractivity contribution in [3.63, 3.8) is 0 Å². The first-order valence-corrected chi connectivity index (χ1v) is 12.2. The van der Waals surface area contributed by atoms with E-state index < -0.39 is 0 Å². The molecule has 1 aromatic heterocycles. The van der Waals surface area contributed by atoms with Crippen LogP contribution in [0.2, 0.25) is 0 Å². The van der Waals surface area contributed by atoms with E-state index in [1.54, 1.807) is 0 Å². The molecule has 4 heterocycles. The number of aromatic nitrogens is 2. The van der Waals surface area contributed by atoms with Gasteiger partial charge in [-0.15, -0.1) is 0 Å². The monoisotopic (exact) mass is 437 g/mol. The lowest BCUT2D eigenvalue weighted by Gasteiger charge is -2.38. The molecule has 7 nitrogen and oxygen atoms in total. The van der Waals surface area contributed by atoms with Crippen LogP contribution in [-0.4, -0.2) is 59.2 Å². The minimum Gasteiger partial charge on any atom is -0.316 e. The predicted octanol–water partition coefficient (Wildman–Crippen LogP) is 2.52. The summed E-state index contributed by atoms with van der Waals surface area (Å²) in [6, 6.07) is 6.43. The molecular weight excluding hydrogens is 402 g/mol. The number of fused-ring (bicyclic) bond motifs is 1. The van der Waals surface area contributed by atoms with Crippen molar-refractivity contribution in [2.75, 3.05) is 32.7 Å². The van der Waals surface area contributed by atoms with Gasteiger partial charge < -0.3 is 10.2 Å². The topological polar surface area (TPSA) is 79.3 Å². The van der Waals surface area contributed by atoms with Crippen molar-refractivity contribution < 1.29 is 9.59 Å². The highest BCUT2D eigenvalue weighted by atomic mass is 16.2. The van der Waals surface area contributed by atoms with Gasteiger partial charge in [-0.3, -0.25) is 19.6 Å². The second-order valence-electron chi connectivity index (χ2n) is 10.1. The molecule has 1 unspecified atom stereocenters. The van der Waals surface area contributed by atoms with E-state index in [0.29, 0.717) is 18.8 Å². The largest absolute Gasteiger partial charge is 0.316 e. The third-order valence-corrected chi connectivity index (χ3v) is 7.98. The van der Waals surface area contributed by atoms with Crippen LogP contribution in [0.4, 0.5) is 0 Å². The molecule has 3 aliphatic rings. The molecule has 2 N–H and O–H groups in total. The van der Waals surface area contributed by atoms with E-state index in [1.807, 2.05) is 11.7 Å². The van der Waals surface area contributed by atoms with Crippen LogP contribution in [0.3, 0.4) is 0 Å². The van der Waals surface area contributed by atoms with E-state index in [1.165, 1.54) is 18.5 Å². The van der Waals surface area contributed by atoms with Crippen LogP contribution in [0.5, 0.6) is 0 Å². The molecule has 7 heteroatoms. The maximum Gasteiger partial charge on any atom is 0.235 e. The molecule has 32 heavy (non-hydrogen) atoms. The highest BCUT2D eigenvalue weighted by Crippen LogP contribution is 2.37. The first-order chi connectivity index (χ1) is 15.5. The zero-order valence-electron chi connectivity index (χ0n) is 19.3. The number of rotatable bonds is 4. The molecular formula is C25H35N5O2. The van der Waals surface area contributed by atoms with Gasteiger partial charge in [-0.25, -0.2) is 0 Å². The van der Waals surface area contributed by atoms with Gasteiger partial charge in [0.2, 0.25) is 11.8 Å². The molecule has 3 aliphatic heterocycles. The summed E-state index contributed by atoms with van der Waals surface area (Å²) in [6.07, 6.45) is 4.53. The van der Waals surface area contributed by atoms with Crippen LogP contribution in [0.25, 0.3) is 10.9 Å². The van der Waals surface area contributed by atoms with Crippen LogP contribution < -0.4 is 10.6 Å². The minimum atomic E-state index is -0.347. The summed E-state index contributed by atoms with van der Waals surface area (Å²) in [7, 11) is 1.98. The number of amides is 2. The van der Waals surface area contributed by atoms with E-state index in [2.05, 4.69) is 40.7 Å². The second kappa shape index (κ2) is 8.94. The van der Waals surface area contributed by atoms with Crippen LogP contribution in [0.15, 0.2) is 18.2 Å². The van der Waals surface area contributed by atoms with Crippen molar-refractivity contribution in [3.8, 4) is 0 Å². The van der Waals surface area contributed by atoms with Gasteiger partial charge in [0.15, 0.2) is 0 Å². The number of hydrogen-bond donors (Lipinski definition) is 2. The molecule has 2 aromatic rings. The van der Waals surface area contributed by atoms with Crippen molar-refractivity contribution in [3.05, 3.63) is 29.5 Å². The number of hydrogen-bond acceptors (Lipinski definition) is 5. The van der Waals surface area contributed by atoms with Gasteiger partial charge in [-0.1, -0.05) is 25.1 Å². The van der Waals surface area contributed by atoms with Crippen molar-refractivity contribution in [1.82, 2.24) is 25.3 Å². The molecule has 2 amide bonds. The van der Waals surface area contributed by atoms with E-state index in [4.69, 9.17) is 5.10 Å². The highest BCUT2D eigenvalue weighted by molar-refractivity contribution is 6.02.